The maximum absolute atomic E-state index is 9.75. The van der Waals surface area contributed by atoms with E-state index in [1.54, 1.807) is 13.8 Å². The van der Waals surface area contributed by atoms with Crippen molar-refractivity contribution in [3.05, 3.63) is 23.8 Å². The van der Waals surface area contributed by atoms with Gasteiger partial charge in [-0.05, 0) is 50.9 Å². The summed E-state index contributed by atoms with van der Waals surface area (Å²) in [6.45, 7) is 12.4. The minimum Gasteiger partial charge on any atom is -0.490 e. The highest BCUT2D eigenvalue weighted by Crippen LogP contribution is 2.29. The number of benzene rings is 1. The molecule has 0 saturated carbocycles. The van der Waals surface area contributed by atoms with Crippen molar-refractivity contribution >= 4 is 0 Å². The molecule has 1 aromatic rings. The van der Waals surface area contributed by atoms with Crippen LogP contribution < -0.4 is 14.8 Å². The van der Waals surface area contributed by atoms with Gasteiger partial charge >= 0.3 is 0 Å². The Balaban J connectivity index is 2.71. The first-order valence-corrected chi connectivity index (χ1v) is 7.63. The van der Waals surface area contributed by atoms with Crippen LogP contribution in [0.2, 0.25) is 0 Å². The summed E-state index contributed by atoms with van der Waals surface area (Å²) in [4.78, 5) is 0. The summed E-state index contributed by atoms with van der Waals surface area (Å²) in [6, 6.07) is 5.93. The Kier molecular flexibility index (Phi) is 6.99. The summed E-state index contributed by atoms with van der Waals surface area (Å²) in [7, 11) is 0. The molecule has 0 atom stereocenters. The molecule has 4 nitrogen and oxygen atoms in total. The molecule has 0 aliphatic rings. The highest BCUT2D eigenvalue weighted by atomic mass is 16.5. The summed E-state index contributed by atoms with van der Waals surface area (Å²) in [5, 5.41) is 13.2. The molecule has 0 radical (unpaired) electrons. The van der Waals surface area contributed by atoms with E-state index in [0.29, 0.717) is 18.3 Å². The largest absolute Gasteiger partial charge is 0.490 e. The molecule has 0 saturated heterocycles. The van der Waals surface area contributed by atoms with Gasteiger partial charge in [-0.1, -0.05) is 19.9 Å². The molecule has 0 aliphatic heterocycles. The van der Waals surface area contributed by atoms with E-state index in [4.69, 9.17) is 9.47 Å². The van der Waals surface area contributed by atoms with E-state index in [-0.39, 0.29) is 6.61 Å². The molecule has 0 heterocycles. The molecule has 1 aromatic carbocycles. The maximum atomic E-state index is 9.75. The lowest BCUT2D eigenvalue weighted by Crippen LogP contribution is -2.28. The molecule has 0 unspecified atom stereocenters. The number of hydrogen-bond acceptors (Lipinski definition) is 4. The lowest BCUT2D eigenvalue weighted by molar-refractivity contribution is 0.0274. The summed E-state index contributed by atoms with van der Waals surface area (Å²) in [5.41, 5.74) is 0.302. The zero-order valence-electron chi connectivity index (χ0n) is 13.9. The molecule has 2 N–H and O–H groups in total. The summed E-state index contributed by atoms with van der Waals surface area (Å²) in [5.74, 6) is 2.03. The molecule has 0 fully saturated rings. The monoisotopic (exact) mass is 295 g/mol. The van der Waals surface area contributed by atoms with Gasteiger partial charge in [-0.2, -0.15) is 0 Å². The quantitative estimate of drug-likeness (QED) is 0.735. The molecule has 4 heteroatoms. The Hall–Kier alpha value is -1.26. The number of nitrogens with one attached hydrogen (secondary N) is 1. The van der Waals surface area contributed by atoms with Crippen molar-refractivity contribution in [2.75, 3.05) is 19.8 Å². The van der Waals surface area contributed by atoms with Crippen molar-refractivity contribution in [1.29, 1.82) is 0 Å². The van der Waals surface area contributed by atoms with Gasteiger partial charge in [0.15, 0.2) is 11.5 Å². The molecule has 0 amide bonds. The second-order valence-corrected chi connectivity index (χ2v) is 6.34. The average Bonchev–Trinajstić information content (AvgIpc) is 2.36. The third-order valence-electron chi connectivity index (χ3n) is 2.77. The molecule has 0 aromatic heterocycles. The van der Waals surface area contributed by atoms with Gasteiger partial charge in [0.1, 0.15) is 6.61 Å². The SMILES string of the molecule is CCOc1cc(CNCC(C)C)ccc1OCC(C)(C)O. The smallest absolute Gasteiger partial charge is 0.161 e. The van der Waals surface area contributed by atoms with Crippen molar-refractivity contribution in [1.82, 2.24) is 5.32 Å². The maximum Gasteiger partial charge on any atom is 0.161 e. The lowest BCUT2D eigenvalue weighted by Gasteiger charge is -2.20. The molecular formula is C17H29NO3. The van der Waals surface area contributed by atoms with Gasteiger partial charge in [0, 0.05) is 6.54 Å². The molecule has 0 spiro atoms. The third kappa shape index (κ3) is 7.34. The van der Waals surface area contributed by atoms with Crippen LogP contribution >= 0.6 is 0 Å². The van der Waals surface area contributed by atoms with Crippen LogP contribution in [0.5, 0.6) is 11.5 Å². The van der Waals surface area contributed by atoms with Gasteiger partial charge in [-0.3, -0.25) is 0 Å². The van der Waals surface area contributed by atoms with Crippen LogP contribution in [0.25, 0.3) is 0 Å². The first kappa shape index (κ1) is 17.8. The fourth-order valence-electron chi connectivity index (χ4n) is 1.81. The van der Waals surface area contributed by atoms with Gasteiger partial charge in [0.25, 0.3) is 0 Å². The number of ether oxygens (including phenoxy) is 2. The minimum atomic E-state index is -0.860. The van der Waals surface area contributed by atoms with Crippen LogP contribution in [0.15, 0.2) is 18.2 Å². The molecular weight excluding hydrogens is 266 g/mol. The second kappa shape index (κ2) is 8.25. The Morgan fingerprint density at radius 2 is 1.90 bits per heavy atom. The molecule has 0 bridgehead atoms. The standard InChI is InChI=1S/C17H29NO3/c1-6-20-16-9-14(11-18-10-13(2)3)7-8-15(16)21-12-17(4,5)19/h7-9,13,18-19H,6,10-12H2,1-5H3. The van der Waals surface area contributed by atoms with Crippen molar-refractivity contribution < 1.29 is 14.6 Å². The predicted molar refractivity (Wildman–Crippen MR) is 85.9 cm³/mol. The molecule has 120 valence electrons. The van der Waals surface area contributed by atoms with Crippen LogP contribution in [-0.4, -0.2) is 30.5 Å². The van der Waals surface area contributed by atoms with Crippen molar-refractivity contribution in [2.45, 2.75) is 46.8 Å². The van der Waals surface area contributed by atoms with Crippen molar-refractivity contribution in [3.63, 3.8) is 0 Å². The van der Waals surface area contributed by atoms with E-state index < -0.39 is 5.60 Å². The third-order valence-corrected chi connectivity index (χ3v) is 2.77. The normalized spacial score (nSPS) is 11.8. The lowest BCUT2D eigenvalue weighted by atomic mass is 10.1. The Bertz CT molecular complexity index is 425. The van der Waals surface area contributed by atoms with Crippen molar-refractivity contribution in [3.8, 4) is 11.5 Å². The van der Waals surface area contributed by atoms with Crippen LogP contribution in [-0.2, 0) is 6.54 Å². The highest BCUT2D eigenvalue weighted by molar-refractivity contribution is 5.43. The second-order valence-electron chi connectivity index (χ2n) is 6.34. The average molecular weight is 295 g/mol. The van der Waals surface area contributed by atoms with Crippen molar-refractivity contribution in [2.24, 2.45) is 5.92 Å². The molecule has 21 heavy (non-hydrogen) atoms. The van der Waals surface area contributed by atoms with Gasteiger partial charge < -0.3 is 19.9 Å². The zero-order valence-corrected chi connectivity index (χ0v) is 13.9. The Morgan fingerprint density at radius 1 is 1.19 bits per heavy atom. The zero-order chi connectivity index (χ0) is 15.9. The van der Waals surface area contributed by atoms with Crippen LogP contribution in [0.4, 0.5) is 0 Å². The predicted octanol–water partition coefficient (Wildman–Crippen LogP) is 2.98. The van der Waals surface area contributed by atoms with Gasteiger partial charge in [0.05, 0.1) is 12.2 Å². The van der Waals surface area contributed by atoms with Gasteiger partial charge in [-0.25, -0.2) is 0 Å². The summed E-state index contributed by atoms with van der Waals surface area (Å²) in [6.07, 6.45) is 0. The Morgan fingerprint density at radius 3 is 2.48 bits per heavy atom. The topological polar surface area (TPSA) is 50.7 Å². The van der Waals surface area contributed by atoms with E-state index in [1.165, 1.54) is 0 Å². The van der Waals surface area contributed by atoms with E-state index in [0.717, 1.165) is 24.4 Å². The van der Waals surface area contributed by atoms with Crippen LogP contribution in [0.1, 0.15) is 40.2 Å². The first-order chi connectivity index (χ1) is 9.81. The molecule has 1 rings (SSSR count). The number of rotatable bonds is 9. The van der Waals surface area contributed by atoms with Crippen LogP contribution in [0, 0.1) is 5.92 Å². The number of aliphatic hydroxyl groups is 1. The highest BCUT2D eigenvalue weighted by Gasteiger charge is 2.15. The molecule has 0 aliphatic carbocycles. The van der Waals surface area contributed by atoms with E-state index in [9.17, 15) is 5.11 Å². The fraction of sp³-hybridized carbons (Fsp3) is 0.647. The summed E-state index contributed by atoms with van der Waals surface area (Å²) >= 11 is 0. The van der Waals surface area contributed by atoms with Gasteiger partial charge in [-0.15, -0.1) is 0 Å². The number of hydrogen-bond donors (Lipinski definition) is 2. The van der Waals surface area contributed by atoms with Gasteiger partial charge in [0.2, 0.25) is 0 Å². The van der Waals surface area contributed by atoms with E-state index in [1.807, 2.05) is 25.1 Å². The Labute approximate surface area is 128 Å². The van der Waals surface area contributed by atoms with Crippen LogP contribution in [0.3, 0.4) is 0 Å². The minimum absolute atomic E-state index is 0.234. The fourth-order valence-corrected chi connectivity index (χ4v) is 1.81. The van der Waals surface area contributed by atoms with E-state index in [2.05, 4.69) is 19.2 Å². The summed E-state index contributed by atoms with van der Waals surface area (Å²) < 4.78 is 11.3. The van der Waals surface area contributed by atoms with E-state index >= 15 is 0 Å². The first-order valence-electron chi connectivity index (χ1n) is 7.63.